The molecule has 0 saturated carbocycles. The SMILES string of the molecule is CC1=NN(c2ccc(Cl)cc2Cl)C(=O)[C@@H]1[C@@H](Cl)[C@]1(Cl)C(=O)N(c2ccc(Cl)cc2Cl)N=C1C. The number of rotatable bonds is 4. The molecule has 2 aromatic carbocycles. The first-order valence-electron chi connectivity index (χ1n) is 9.49. The topological polar surface area (TPSA) is 65.3 Å². The fourth-order valence-corrected chi connectivity index (χ4v) is 5.45. The molecule has 2 aliphatic rings. The molecular formula is C21H14Cl6N4O2. The first-order valence-corrected chi connectivity index (χ1v) is 11.8. The van der Waals surface area contributed by atoms with Gasteiger partial charge in [0.05, 0.1) is 44.1 Å². The number of hydrazone groups is 2. The van der Waals surface area contributed by atoms with Gasteiger partial charge in [0.2, 0.25) is 0 Å². The maximum absolute atomic E-state index is 13.4. The number of hydrogen-bond donors (Lipinski definition) is 0. The van der Waals surface area contributed by atoms with Gasteiger partial charge in [0, 0.05) is 10.0 Å². The van der Waals surface area contributed by atoms with Crippen LogP contribution in [0.15, 0.2) is 46.6 Å². The first-order chi connectivity index (χ1) is 15.5. The minimum absolute atomic E-state index is 0.206. The van der Waals surface area contributed by atoms with Gasteiger partial charge in [-0.2, -0.15) is 20.2 Å². The number of halogens is 6. The zero-order valence-electron chi connectivity index (χ0n) is 17.0. The van der Waals surface area contributed by atoms with Crippen LogP contribution in [0.3, 0.4) is 0 Å². The summed E-state index contributed by atoms with van der Waals surface area (Å²) in [5, 5.41) is 10.8. The lowest BCUT2D eigenvalue weighted by Crippen LogP contribution is -2.53. The Bertz CT molecular complexity index is 1250. The van der Waals surface area contributed by atoms with Crippen molar-refractivity contribution in [2.45, 2.75) is 24.1 Å². The molecule has 0 aliphatic carbocycles. The smallest absolute Gasteiger partial charge is 0.272 e. The van der Waals surface area contributed by atoms with Crippen molar-refractivity contribution in [1.82, 2.24) is 0 Å². The van der Waals surface area contributed by atoms with Gasteiger partial charge in [-0.1, -0.05) is 46.4 Å². The summed E-state index contributed by atoms with van der Waals surface area (Å²) in [5.74, 6) is -2.14. The molecule has 0 N–H and O–H groups in total. The van der Waals surface area contributed by atoms with Crippen LogP contribution in [0.5, 0.6) is 0 Å². The summed E-state index contributed by atoms with van der Waals surface area (Å²) in [5.41, 5.74) is 1.20. The fourth-order valence-electron chi connectivity index (χ4n) is 3.68. The van der Waals surface area contributed by atoms with Crippen LogP contribution in [0.25, 0.3) is 0 Å². The standard InChI is InChI=1S/C21H14Cl6N4O2/c1-9-17(19(32)30(28-9)15-5-3-11(22)7-13(15)24)18(26)21(27)10(2)29-31(20(21)33)16-6-4-12(23)8-14(16)25/h3-8,17-18H,1-2H3/t17-,18+,21-/m0/s1. The number of amides is 2. The van der Waals surface area contributed by atoms with Crippen LogP contribution in [0.1, 0.15) is 13.8 Å². The maximum Gasteiger partial charge on any atom is 0.276 e. The van der Waals surface area contributed by atoms with Crippen LogP contribution >= 0.6 is 69.6 Å². The lowest BCUT2D eigenvalue weighted by Gasteiger charge is -2.29. The zero-order valence-corrected chi connectivity index (χ0v) is 21.5. The van der Waals surface area contributed by atoms with E-state index in [1.54, 1.807) is 38.1 Å². The van der Waals surface area contributed by atoms with Crippen LogP contribution in [0.4, 0.5) is 11.4 Å². The lowest BCUT2D eigenvalue weighted by molar-refractivity contribution is -0.121. The highest BCUT2D eigenvalue weighted by Gasteiger charge is 2.59. The molecular weight excluding hydrogens is 553 g/mol. The number of hydrogen-bond acceptors (Lipinski definition) is 4. The number of nitrogens with zero attached hydrogens (tertiary/aromatic N) is 4. The molecule has 172 valence electrons. The summed E-state index contributed by atoms with van der Waals surface area (Å²) in [7, 11) is 0. The summed E-state index contributed by atoms with van der Waals surface area (Å²) >= 11 is 38.0. The molecule has 33 heavy (non-hydrogen) atoms. The Labute approximate surface area is 219 Å². The van der Waals surface area contributed by atoms with Gasteiger partial charge in [-0.25, -0.2) is 0 Å². The quantitative estimate of drug-likeness (QED) is 0.389. The Hall–Kier alpha value is -1.54. The van der Waals surface area contributed by atoms with E-state index >= 15 is 0 Å². The molecule has 0 fully saturated rings. The third-order valence-corrected chi connectivity index (χ3v) is 7.85. The fraction of sp³-hybridized carbons (Fsp3) is 0.238. The second-order valence-corrected chi connectivity index (χ2v) is 10.2. The van der Waals surface area contributed by atoms with Gasteiger partial charge in [0.15, 0.2) is 4.87 Å². The average molecular weight is 567 g/mol. The molecule has 2 amide bonds. The predicted molar refractivity (Wildman–Crippen MR) is 136 cm³/mol. The highest BCUT2D eigenvalue weighted by atomic mass is 35.5. The van der Waals surface area contributed by atoms with Crippen molar-refractivity contribution in [2.24, 2.45) is 16.1 Å². The summed E-state index contributed by atoms with van der Waals surface area (Å²) < 4.78 is 0. The van der Waals surface area contributed by atoms with Crippen molar-refractivity contribution in [2.75, 3.05) is 10.0 Å². The summed E-state index contributed by atoms with van der Waals surface area (Å²) in [4.78, 5) is 24.9. The van der Waals surface area contributed by atoms with Crippen molar-refractivity contribution < 1.29 is 9.59 Å². The van der Waals surface area contributed by atoms with Crippen LogP contribution in [-0.4, -0.2) is 33.5 Å². The van der Waals surface area contributed by atoms with E-state index in [9.17, 15) is 9.59 Å². The highest BCUT2D eigenvalue weighted by molar-refractivity contribution is 6.56. The Morgan fingerprint density at radius 2 is 1.39 bits per heavy atom. The summed E-state index contributed by atoms with van der Waals surface area (Å²) in [6.07, 6.45) is 0. The van der Waals surface area contributed by atoms with E-state index in [2.05, 4.69) is 10.2 Å². The molecule has 2 heterocycles. The Morgan fingerprint density at radius 3 is 1.91 bits per heavy atom. The molecule has 0 spiro atoms. The van der Waals surface area contributed by atoms with E-state index in [1.165, 1.54) is 12.1 Å². The molecule has 6 nitrogen and oxygen atoms in total. The second kappa shape index (κ2) is 8.91. The molecule has 4 rings (SSSR count). The second-order valence-electron chi connectivity index (χ2n) is 7.48. The average Bonchev–Trinajstić information content (AvgIpc) is 3.15. The molecule has 0 radical (unpaired) electrons. The molecule has 3 atom stereocenters. The normalized spacial score (nSPS) is 23.8. The van der Waals surface area contributed by atoms with Crippen molar-refractivity contribution in [3.63, 3.8) is 0 Å². The minimum atomic E-state index is -1.82. The number of anilines is 2. The van der Waals surface area contributed by atoms with Gasteiger partial charge in [0.1, 0.15) is 0 Å². The van der Waals surface area contributed by atoms with Crippen LogP contribution < -0.4 is 10.0 Å². The Kier molecular flexibility index (Phi) is 6.64. The highest BCUT2D eigenvalue weighted by Crippen LogP contribution is 2.44. The summed E-state index contributed by atoms with van der Waals surface area (Å²) in [6, 6.07) is 9.24. The van der Waals surface area contributed by atoms with Crippen LogP contribution in [0.2, 0.25) is 20.1 Å². The molecule has 2 aliphatic heterocycles. The largest absolute Gasteiger partial charge is 0.276 e. The van der Waals surface area contributed by atoms with Gasteiger partial charge in [-0.3, -0.25) is 9.59 Å². The van der Waals surface area contributed by atoms with E-state index in [4.69, 9.17) is 69.6 Å². The van der Waals surface area contributed by atoms with E-state index in [0.29, 0.717) is 21.4 Å². The van der Waals surface area contributed by atoms with Gasteiger partial charge in [0.25, 0.3) is 11.8 Å². The summed E-state index contributed by atoms with van der Waals surface area (Å²) in [6.45, 7) is 3.19. The lowest BCUT2D eigenvalue weighted by atomic mass is 9.87. The van der Waals surface area contributed by atoms with E-state index in [1.807, 2.05) is 0 Å². The van der Waals surface area contributed by atoms with Gasteiger partial charge >= 0.3 is 0 Å². The molecule has 0 bridgehead atoms. The van der Waals surface area contributed by atoms with Crippen molar-refractivity contribution in [1.29, 1.82) is 0 Å². The number of carbonyl (C=O) groups is 2. The van der Waals surface area contributed by atoms with Crippen LogP contribution in [0, 0.1) is 5.92 Å². The van der Waals surface area contributed by atoms with E-state index in [-0.39, 0.29) is 21.4 Å². The maximum atomic E-state index is 13.4. The monoisotopic (exact) mass is 564 g/mol. The van der Waals surface area contributed by atoms with Crippen molar-refractivity contribution in [3.8, 4) is 0 Å². The third kappa shape index (κ3) is 4.01. The van der Waals surface area contributed by atoms with Gasteiger partial charge < -0.3 is 0 Å². The van der Waals surface area contributed by atoms with Crippen molar-refractivity contribution in [3.05, 3.63) is 56.5 Å². The first kappa shape index (κ1) is 24.6. The Balaban J connectivity index is 1.67. The number of benzene rings is 2. The van der Waals surface area contributed by atoms with Crippen molar-refractivity contribution >= 4 is 104 Å². The predicted octanol–water partition coefficient (Wildman–Crippen LogP) is 6.65. The van der Waals surface area contributed by atoms with Crippen LogP contribution in [-0.2, 0) is 9.59 Å². The Morgan fingerprint density at radius 1 is 0.879 bits per heavy atom. The molecule has 12 heteroatoms. The molecule has 0 saturated heterocycles. The van der Waals surface area contributed by atoms with Gasteiger partial charge in [-0.15, -0.1) is 23.2 Å². The molecule has 2 aromatic rings. The van der Waals surface area contributed by atoms with E-state index < -0.39 is 28.0 Å². The number of carbonyl (C=O) groups excluding carboxylic acids is 2. The third-order valence-electron chi connectivity index (χ3n) is 5.41. The zero-order chi connectivity index (χ0) is 24.2. The van der Waals surface area contributed by atoms with Gasteiger partial charge in [-0.05, 0) is 50.2 Å². The molecule has 0 aromatic heterocycles. The molecule has 0 unspecified atom stereocenters. The minimum Gasteiger partial charge on any atom is -0.272 e. The van der Waals surface area contributed by atoms with E-state index in [0.717, 1.165) is 10.0 Å². The number of alkyl halides is 2.